The van der Waals surface area contributed by atoms with E-state index in [4.69, 9.17) is 10.5 Å². The van der Waals surface area contributed by atoms with Gasteiger partial charge in [-0.3, -0.25) is 4.90 Å². The van der Waals surface area contributed by atoms with Crippen LogP contribution in [0.1, 0.15) is 31.4 Å². The van der Waals surface area contributed by atoms with Crippen LogP contribution in [-0.2, 0) is 4.74 Å². The largest absolute Gasteiger partial charge is 0.377 e. The molecule has 3 nitrogen and oxygen atoms in total. The zero-order valence-corrected chi connectivity index (χ0v) is 12.0. The van der Waals surface area contributed by atoms with E-state index in [9.17, 15) is 8.78 Å². The summed E-state index contributed by atoms with van der Waals surface area (Å²) in [7, 11) is 1.70. The number of likely N-dealkylation sites (tertiary alicyclic amines) is 1. The third kappa shape index (κ3) is 3.34. The smallest absolute Gasteiger partial charge is 0.126 e. The molecule has 2 N–H and O–H groups in total. The summed E-state index contributed by atoms with van der Waals surface area (Å²) in [6.45, 7) is 3.95. The van der Waals surface area contributed by atoms with Crippen molar-refractivity contribution in [3.05, 3.63) is 35.4 Å². The van der Waals surface area contributed by atoms with E-state index >= 15 is 0 Å². The van der Waals surface area contributed by atoms with Crippen LogP contribution in [0.2, 0.25) is 0 Å². The van der Waals surface area contributed by atoms with Crippen molar-refractivity contribution < 1.29 is 13.5 Å². The number of hydrogen-bond acceptors (Lipinski definition) is 3. The Balaban J connectivity index is 2.23. The molecule has 2 atom stereocenters. The third-order valence-electron chi connectivity index (χ3n) is 4.11. The fraction of sp³-hybridized carbons (Fsp3) is 0.600. The number of benzene rings is 1. The monoisotopic (exact) mass is 284 g/mol. The van der Waals surface area contributed by atoms with Gasteiger partial charge in [-0.1, -0.05) is 0 Å². The average Bonchev–Trinajstić information content (AvgIpc) is 2.39. The van der Waals surface area contributed by atoms with Crippen molar-refractivity contribution >= 4 is 0 Å². The van der Waals surface area contributed by atoms with E-state index in [1.807, 2.05) is 0 Å². The number of nitrogens with two attached hydrogens (primary N) is 1. The lowest BCUT2D eigenvalue weighted by Gasteiger charge is -2.43. The van der Waals surface area contributed by atoms with Gasteiger partial charge in [-0.25, -0.2) is 8.78 Å². The number of halogens is 2. The minimum atomic E-state index is -0.565. The highest BCUT2D eigenvalue weighted by Gasteiger charge is 2.34. The van der Waals surface area contributed by atoms with Gasteiger partial charge in [0.2, 0.25) is 0 Å². The van der Waals surface area contributed by atoms with Crippen LogP contribution in [0.15, 0.2) is 18.2 Å². The Bertz CT molecular complexity index is 449. The van der Waals surface area contributed by atoms with Gasteiger partial charge < -0.3 is 10.5 Å². The molecule has 0 spiro atoms. The van der Waals surface area contributed by atoms with Crippen LogP contribution >= 0.6 is 0 Å². The number of ether oxygens (including phenoxy) is 1. The Morgan fingerprint density at radius 3 is 2.55 bits per heavy atom. The van der Waals surface area contributed by atoms with Gasteiger partial charge in [0.25, 0.3) is 0 Å². The Hall–Kier alpha value is -1.04. The van der Waals surface area contributed by atoms with E-state index in [0.717, 1.165) is 25.5 Å². The molecule has 0 amide bonds. The van der Waals surface area contributed by atoms with Crippen molar-refractivity contribution in [2.45, 2.75) is 31.4 Å². The molecule has 1 heterocycles. The quantitative estimate of drug-likeness (QED) is 0.923. The molecule has 1 aliphatic heterocycles. The number of rotatable bonds is 4. The molecule has 1 aromatic carbocycles. The average molecular weight is 284 g/mol. The Labute approximate surface area is 118 Å². The highest BCUT2D eigenvalue weighted by atomic mass is 19.1. The predicted molar refractivity (Wildman–Crippen MR) is 74.4 cm³/mol. The zero-order chi connectivity index (χ0) is 14.8. The van der Waals surface area contributed by atoms with Gasteiger partial charge in [0.05, 0.1) is 5.60 Å². The maximum Gasteiger partial charge on any atom is 0.126 e. The van der Waals surface area contributed by atoms with Crippen LogP contribution in [-0.4, -0.2) is 37.2 Å². The summed E-state index contributed by atoms with van der Waals surface area (Å²) in [6.07, 6.45) is 1.97. The molecule has 1 saturated heterocycles. The summed E-state index contributed by atoms with van der Waals surface area (Å²) in [5, 5.41) is 0. The molecule has 0 aliphatic carbocycles. The highest BCUT2D eigenvalue weighted by molar-refractivity contribution is 5.22. The van der Waals surface area contributed by atoms with Gasteiger partial charge >= 0.3 is 0 Å². The Morgan fingerprint density at radius 2 is 2.00 bits per heavy atom. The molecular weight excluding hydrogens is 262 g/mol. The van der Waals surface area contributed by atoms with Crippen molar-refractivity contribution in [1.82, 2.24) is 4.90 Å². The maximum atomic E-state index is 13.4. The predicted octanol–water partition coefficient (Wildman–Crippen LogP) is 2.47. The van der Waals surface area contributed by atoms with Gasteiger partial charge in [-0.2, -0.15) is 0 Å². The van der Waals surface area contributed by atoms with E-state index in [0.29, 0.717) is 18.7 Å². The topological polar surface area (TPSA) is 38.5 Å². The fourth-order valence-corrected chi connectivity index (χ4v) is 2.94. The van der Waals surface area contributed by atoms with Crippen LogP contribution in [0, 0.1) is 11.6 Å². The SMILES string of the molecule is COC1(C)CCCN(C(CN)c2cc(F)cc(F)c2)C1. The molecule has 2 rings (SSSR count). The lowest BCUT2D eigenvalue weighted by Crippen LogP contribution is -2.49. The first-order chi connectivity index (χ1) is 9.47. The standard InChI is InChI=1S/C15H22F2N2O/c1-15(20-2)4-3-5-19(10-15)14(9-18)11-6-12(16)8-13(17)7-11/h6-8,14H,3-5,9-10,18H2,1-2H3. The molecule has 1 aliphatic rings. The Kier molecular flexibility index (Phi) is 4.73. The summed E-state index contributed by atoms with van der Waals surface area (Å²) in [5.74, 6) is -1.13. The van der Waals surface area contributed by atoms with Crippen molar-refractivity contribution in [2.24, 2.45) is 5.73 Å². The zero-order valence-electron chi connectivity index (χ0n) is 12.0. The lowest BCUT2D eigenvalue weighted by atomic mass is 9.92. The molecule has 5 heteroatoms. The molecule has 1 aromatic rings. The number of piperidine rings is 1. The van der Waals surface area contributed by atoms with Crippen molar-refractivity contribution in [3.8, 4) is 0 Å². The summed E-state index contributed by atoms with van der Waals surface area (Å²) in [5.41, 5.74) is 6.20. The van der Waals surface area contributed by atoms with Gasteiger partial charge in [-0.05, 0) is 44.0 Å². The van der Waals surface area contributed by atoms with Crippen LogP contribution < -0.4 is 5.73 Å². The van der Waals surface area contributed by atoms with E-state index in [-0.39, 0.29) is 11.6 Å². The molecule has 0 saturated carbocycles. The molecule has 112 valence electrons. The molecule has 20 heavy (non-hydrogen) atoms. The van der Waals surface area contributed by atoms with E-state index in [2.05, 4.69) is 11.8 Å². The van der Waals surface area contributed by atoms with Gasteiger partial charge in [0.1, 0.15) is 11.6 Å². The summed E-state index contributed by atoms with van der Waals surface area (Å²) < 4.78 is 32.3. The number of hydrogen-bond donors (Lipinski definition) is 1. The Morgan fingerprint density at radius 1 is 1.35 bits per heavy atom. The molecule has 0 radical (unpaired) electrons. The van der Waals surface area contributed by atoms with Crippen LogP contribution in [0.5, 0.6) is 0 Å². The molecule has 0 bridgehead atoms. The molecule has 1 fully saturated rings. The van der Waals surface area contributed by atoms with E-state index in [1.165, 1.54) is 12.1 Å². The first-order valence-corrected chi connectivity index (χ1v) is 6.93. The second kappa shape index (κ2) is 6.16. The first kappa shape index (κ1) is 15.4. The van der Waals surface area contributed by atoms with Gasteiger partial charge in [0.15, 0.2) is 0 Å². The van der Waals surface area contributed by atoms with E-state index in [1.54, 1.807) is 7.11 Å². The fourth-order valence-electron chi connectivity index (χ4n) is 2.94. The van der Waals surface area contributed by atoms with Crippen molar-refractivity contribution in [1.29, 1.82) is 0 Å². The highest BCUT2D eigenvalue weighted by Crippen LogP contribution is 2.30. The van der Waals surface area contributed by atoms with Gasteiger partial charge in [-0.15, -0.1) is 0 Å². The van der Waals surface area contributed by atoms with Crippen LogP contribution in [0.4, 0.5) is 8.78 Å². The minimum Gasteiger partial charge on any atom is -0.377 e. The second-order valence-corrected chi connectivity index (χ2v) is 5.68. The number of nitrogens with zero attached hydrogens (tertiary/aromatic N) is 1. The van der Waals surface area contributed by atoms with E-state index < -0.39 is 11.6 Å². The second-order valence-electron chi connectivity index (χ2n) is 5.68. The van der Waals surface area contributed by atoms with Gasteiger partial charge in [0, 0.05) is 32.3 Å². The number of methoxy groups -OCH3 is 1. The van der Waals surface area contributed by atoms with Crippen LogP contribution in [0.25, 0.3) is 0 Å². The molecular formula is C15H22F2N2O. The minimum absolute atomic E-state index is 0.185. The third-order valence-corrected chi connectivity index (χ3v) is 4.11. The maximum absolute atomic E-state index is 13.4. The summed E-state index contributed by atoms with van der Waals surface area (Å²) >= 11 is 0. The normalized spacial score (nSPS) is 25.6. The van der Waals surface area contributed by atoms with Crippen LogP contribution in [0.3, 0.4) is 0 Å². The lowest BCUT2D eigenvalue weighted by molar-refractivity contribution is -0.0608. The molecule has 2 unspecified atom stereocenters. The first-order valence-electron chi connectivity index (χ1n) is 6.93. The van der Waals surface area contributed by atoms with Crippen molar-refractivity contribution in [2.75, 3.05) is 26.7 Å². The molecule has 0 aromatic heterocycles. The van der Waals surface area contributed by atoms with Crippen molar-refractivity contribution in [3.63, 3.8) is 0 Å². The summed E-state index contributed by atoms with van der Waals surface area (Å²) in [6, 6.07) is 3.42. The summed E-state index contributed by atoms with van der Waals surface area (Å²) in [4.78, 5) is 2.15.